The van der Waals surface area contributed by atoms with Gasteiger partial charge in [0, 0.05) is 5.56 Å². The molecule has 2 aromatic rings. The van der Waals surface area contributed by atoms with E-state index in [1.165, 1.54) is 0 Å². The number of carbonyl (C=O) groups is 1. The highest BCUT2D eigenvalue weighted by Crippen LogP contribution is 2.13. The predicted octanol–water partition coefficient (Wildman–Crippen LogP) is 3.58. The van der Waals surface area contributed by atoms with E-state index in [9.17, 15) is 4.79 Å². The van der Waals surface area contributed by atoms with Gasteiger partial charge in [0.15, 0.2) is 0 Å². The molecule has 21 heavy (non-hydrogen) atoms. The van der Waals surface area contributed by atoms with Crippen molar-refractivity contribution >= 4 is 6.29 Å². The minimum Gasteiger partial charge on any atom is -0.497 e. The average molecular weight is 284 g/mol. The van der Waals surface area contributed by atoms with Crippen molar-refractivity contribution < 1.29 is 14.3 Å². The lowest BCUT2D eigenvalue weighted by Gasteiger charge is -2.08. The van der Waals surface area contributed by atoms with Gasteiger partial charge in [-0.05, 0) is 42.7 Å². The van der Waals surface area contributed by atoms with Crippen LogP contribution in [-0.2, 0) is 17.8 Å². The number of aryl methyl sites for hydroxylation is 1. The Morgan fingerprint density at radius 2 is 1.86 bits per heavy atom. The van der Waals surface area contributed by atoms with Crippen LogP contribution in [0.1, 0.15) is 27.0 Å². The van der Waals surface area contributed by atoms with E-state index >= 15 is 0 Å². The van der Waals surface area contributed by atoms with Gasteiger partial charge < -0.3 is 9.47 Å². The second-order valence-electron chi connectivity index (χ2n) is 4.97. The van der Waals surface area contributed by atoms with Crippen LogP contribution in [0.2, 0.25) is 0 Å². The third-order valence-electron chi connectivity index (χ3n) is 3.37. The standard InChI is InChI=1S/C18H20O3/c1-14-3-6-16(17(11-14)12-19)9-10-21-13-15-4-7-18(20-2)8-5-15/h3-8,11-12H,9-10,13H2,1-2H3. The molecule has 0 aliphatic carbocycles. The second-order valence-corrected chi connectivity index (χ2v) is 4.97. The number of carbonyl (C=O) groups excluding carboxylic acids is 1. The zero-order valence-corrected chi connectivity index (χ0v) is 12.5. The maximum Gasteiger partial charge on any atom is 0.150 e. The van der Waals surface area contributed by atoms with E-state index in [1.54, 1.807) is 7.11 Å². The lowest BCUT2D eigenvalue weighted by Crippen LogP contribution is -2.02. The Bertz CT molecular complexity index is 588. The first-order chi connectivity index (χ1) is 10.2. The molecule has 0 aliphatic heterocycles. The van der Waals surface area contributed by atoms with Crippen LogP contribution in [-0.4, -0.2) is 20.0 Å². The molecule has 0 unspecified atom stereocenters. The third kappa shape index (κ3) is 4.43. The van der Waals surface area contributed by atoms with Crippen molar-refractivity contribution in [3.05, 3.63) is 64.7 Å². The van der Waals surface area contributed by atoms with Crippen LogP contribution in [0.3, 0.4) is 0 Å². The van der Waals surface area contributed by atoms with Gasteiger partial charge in [-0.2, -0.15) is 0 Å². The molecule has 0 saturated carbocycles. The highest BCUT2D eigenvalue weighted by atomic mass is 16.5. The van der Waals surface area contributed by atoms with Gasteiger partial charge in [0.1, 0.15) is 12.0 Å². The fourth-order valence-corrected chi connectivity index (χ4v) is 2.15. The molecule has 3 heteroatoms. The molecule has 0 N–H and O–H groups in total. The van der Waals surface area contributed by atoms with E-state index in [-0.39, 0.29) is 0 Å². The van der Waals surface area contributed by atoms with Gasteiger partial charge in [-0.15, -0.1) is 0 Å². The largest absolute Gasteiger partial charge is 0.497 e. The zero-order valence-electron chi connectivity index (χ0n) is 12.5. The highest BCUT2D eigenvalue weighted by Gasteiger charge is 2.02. The summed E-state index contributed by atoms with van der Waals surface area (Å²) in [6, 6.07) is 13.7. The molecule has 0 spiro atoms. The molecule has 0 aromatic heterocycles. The van der Waals surface area contributed by atoms with Gasteiger partial charge in [-0.25, -0.2) is 0 Å². The summed E-state index contributed by atoms with van der Waals surface area (Å²) in [6.45, 7) is 3.14. The predicted molar refractivity (Wildman–Crippen MR) is 82.9 cm³/mol. The SMILES string of the molecule is COc1ccc(COCCc2ccc(C)cc2C=O)cc1. The Morgan fingerprint density at radius 3 is 2.52 bits per heavy atom. The molecule has 0 heterocycles. The van der Waals surface area contributed by atoms with Crippen molar-refractivity contribution in [3.63, 3.8) is 0 Å². The van der Waals surface area contributed by atoms with Crippen LogP contribution >= 0.6 is 0 Å². The number of aldehydes is 1. The molecular weight excluding hydrogens is 264 g/mol. The molecule has 2 rings (SSSR count). The normalized spacial score (nSPS) is 10.4. The smallest absolute Gasteiger partial charge is 0.150 e. The van der Waals surface area contributed by atoms with Crippen LogP contribution in [0.25, 0.3) is 0 Å². The minimum absolute atomic E-state index is 0.562. The molecule has 0 fully saturated rings. The zero-order chi connectivity index (χ0) is 15.1. The Balaban J connectivity index is 1.82. The van der Waals surface area contributed by atoms with Crippen molar-refractivity contribution in [2.24, 2.45) is 0 Å². The lowest BCUT2D eigenvalue weighted by molar-refractivity contribution is 0.111. The molecule has 0 atom stereocenters. The van der Waals surface area contributed by atoms with Crippen LogP contribution in [0.5, 0.6) is 5.75 Å². The van der Waals surface area contributed by atoms with E-state index in [0.717, 1.165) is 40.7 Å². The first-order valence-electron chi connectivity index (χ1n) is 6.98. The molecule has 110 valence electrons. The number of ether oxygens (including phenoxy) is 2. The van der Waals surface area contributed by atoms with Gasteiger partial charge in [0.25, 0.3) is 0 Å². The summed E-state index contributed by atoms with van der Waals surface area (Å²) in [4.78, 5) is 11.0. The summed E-state index contributed by atoms with van der Waals surface area (Å²) in [5.74, 6) is 0.842. The average Bonchev–Trinajstić information content (AvgIpc) is 2.53. The maximum atomic E-state index is 11.0. The van der Waals surface area contributed by atoms with E-state index in [4.69, 9.17) is 9.47 Å². The summed E-state index contributed by atoms with van der Waals surface area (Å²) < 4.78 is 10.8. The highest BCUT2D eigenvalue weighted by molar-refractivity contribution is 5.77. The summed E-state index contributed by atoms with van der Waals surface area (Å²) >= 11 is 0. The molecule has 0 saturated heterocycles. The lowest BCUT2D eigenvalue weighted by atomic mass is 10.0. The van der Waals surface area contributed by atoms with Crippen molar-refractivity contribution in [2.45, 2.75) is 20.0 Å². The third-order valence-corrected chi connectivity index (χ3v) is 3.37. The van der Waals surface area contributed by atoms with Crippen molar-refractivity contribution in [3.8, 4) is 5.75 Å². The van der Waals surface area contributed by atoms with Crippen LogP contribution in [0.4, 0.5) is 0 Å². The molecule has 3 nitrogen and oxygen atoms in total. The molecule has 0 amide bonds. The Morgan fingerprint density at radius 1 is 1.10 bits per heavy atom. The van der Waals surface area contributed by atoms with E-state index in [1.807, 2.05) is 49.4 Å². The number of benzene rings is 2. The monoisotopic (exact) mass is 284 g/mol. The molecule has 0 aliphatic rings. The number of rotatable bonds is 7. The molecule has 0 radical (unpaired) electrons. The van der Waals surface area contributed by atoms with E-state index in [2.05, 4.69) is 0 Å². The van der Waals surface area contributed by atoms with Gasteiger partial charge in [0.2, 0.25) is 0 Å². The summed E-state index contributed by atoms with van der Waals surface area (Å²) in [7, 11) is 1.65. The van der Waals surface area contributed by atoms with Crippen LogP contribution in [0, 0.1) is 6.92 Å². The summed E-state index contributed by atoms with van der Waals surface area (Å²) in [5.41, 5.74) is 3.99. The number of hydrogen-bond acceptors (Lipinski definition) is 3. The molecule has 0 bridgehead atoms. The fourth-order valence-electron chi connectivity index (χ4n) is 2.15. The number of methoxy groups -OCH3 is 1. The van der Waals surface area contributed by atoms with Gasteiger partial charge in [-0.3, -0.25) is 4.79 Å². The van der Waals surface area contributed by atoms with Gasteiger partial charge >= 0.3 is 0 Å². The van der Waals surface area contributed by atoms with Crippen LogP contribution < -0.4 is 4.74 Å². The van der Waals surface area contributed by atoms with Gasteiger partial charge in [-0.1, -0.05) is 29.8 Å². The first-order valence-corrected chi connectivity index (χ1v) is 6.98. The molecule has 2 aromatic carbocycles. The van der Waals surface area contributed by atoms with Crippen molar-refractivity contribution in [1.29, 1.82) is 0 Å². The number of hydrogen-bond donors (Lipinski definition) is 0. The van der Waals surface area contributed by atoms with Crippen LogP contribution in [0.15, 0.2) is 42.5 Å². The van der Waals surface area contributed by atoms with Crippen molar-refractivity contribution in [1.82, 2.24) is 0 Å². The van der Waals surface area contributed by atoms with Gasteiger partial charge in [0.05, 0.1) is 20.3 Å². The minimum atomic E-state index is 0.562. The first kappa shape index (κ1) is 15.3. The van der Waals surface area contributed by atoms with E-state index in [0.29, 0.717) is 13.2 Å². The maximum absolute atomic E-state index is 11.0. The summed E-state index contributed by atoms with van der Waals surface area (Å²) in [5, 5.41) is 0. The fraction of sp³-hybridized carbons (Fsp3) is 0.278. The Labute approximate surface area is 125 Å². The summed E-state index contributed by atoms with van der Waals surface area (Å²) in [6.07, 6.45) is 1.65. The molecular formula is C18H20O3. The second kappa shape index (κ2) is 7.60. The Hall–Kier alpha value is -2.13. The quantitative estimate of drug-likeness (QED) is 0.576. The van der Waals surface area contributed by atoms with Crippen molar-refractivity contribution in [2.75, 3.05) is 13.7 Å². The topological polar surface area (TPSA) is 35.5 Å². The Kier molecular flexibility index (Phi) is 5.52. The van der Waals surface area contributed by atoms with E-state index < -0.39 is 0 Å².